The number of rotatable bonds is 4. The van der Waals surface area contributed by atoms with E-state index in [1.807, 2.05) is 6.92 Å². The van der Waals surface area contributed by atoms with Crippen LogP contribution in [0.5, 0.6) is 0 Å². The molecule has 5 heteroatoms. The van der Waals surface area contributed by atoms with Crippen LogP contribution in [0, 0.1) is 0 Å². The molecule has 0 bridgehead atoms. The van der Waals surface area contributed by atoms with Gasteiger partial charge in [-0.2, -0.15) is 0 Å². The van der Waals surface area contributed by atoms with E-state index >= 15 is 0 Å². The third-order valence-corrected chi connectivity index (χ3v) is 1.82. The zero-order valence-electron chi connectivity index (χ0n) is 8.20. The van der Waals surface area contributed by atoms with Crippen LogP contribution in [-0.2, 0) is 4.79 Å². The van der Waals surface area contributed by atoms with Crippen LogP contribution in [0.1, 0.15) is 20.3 Å². The van der Waals surface area contributed by atoms with Gasteiger partial charge in [-0.3, -0.25) is 4.79 Å². The molecular weight excluding hydrogens is 172 g/mol. The fourth-order valence-corrected chi connectivity index (χ4v) is 1.16. The molecule has 2 N–H and O–H groups in total. The van der Waals surface area contributed by atoms with Crippen LogP contribution in [0.25, 0.3) is 0 Å². The van der Waals surface area contributed by atoms with Crippen LogP contribution in [0.2, 0.25) is 0 Å². The van der Waals surface area contributed by atoms with Gasteiger partial charge in [0.05, 0.1) is 6.42 Å². The van der Waals surface area contributed by atoms with Crippen molar-refractivity contribution in [1.29, 1.82) is 0 Å². The van der Waals surface area contributed by atoms with Gasteiger partial charge in [0, 0.05) is 19.6 Å². The smallest absolute Gasteiger partial charge is 0.317 e. The Balaban J connectivity index is 4.22. The quantitative estimate of drug-likeness (QED) is 0.675. The number of hydrogen-bond acceptors (Lipinski definition) is 2. The van der Waals surface area contributed by atoms with Gasteiger partial charge in [-0.1, -0.05) is 0 Å². The van der Waals surface area contributed by atoms with Crippen molar-refractivity contribution >= 4 is 12.0 Å². The highest BCUT2D eigenvalue weighted by molar-refractivity contribution is 5.75. The van der Waals surface area contributed by atoms with Crippen LogP contribution < -0.4 is 5.32 Å². The molecule has 1 atom stereocenters. The van der Waals surface area contributed by atoms with E-state index in [0.717, 1.165) is 0 Å². The highest BCUT2D eigenvalue weighted by atomic mass is 16.4. The molecule has 0 aromatic carbocycles. The summed E-state index contributed by atoms with van der Waals surface area (Å²) >= 11 is 0. The summed E-state index contributed by atoms with van der Waals surface area (Å²) in [7, 11) is 1.53. The van der Waals surface area contributed by atoms with Gasteiger partial charge in [0.1, 0.15) is 0 Å². The molecule has 2 amide bonds. The summed E-state index contributed by atoms with van der Waals surface area (Å²) < 4.78 is 0. The molecular formula is C8H16N2O3. The van der Waals surface area contributed by atoms with E-state index in [2.05, 4.69) is 5.32 Å². The van der Waals surface area contributed by atoms with E-state index in [4.69, 9.17) is 5.11 Å². The van der Waals surface area contributed by atoms with E-state index in [1.165, 1.54) is 11.9 Å². The predicted octanol–water partition coefficient (Wildman–Crippen LogP) is 0.511. The summed E-state index contributed by atoms with van der Waals surface area (Å²) in [5.41, 5.74) is 0. The number of nitrogens with one attached hydrogen (secondary N) is 1. The SMILES string of the molecule is CCN(C(=O)NC)C(C)CC(=O)O. The van der Waals surface area contributed by atoms with Gasteiger partial charge < -0.3 is 15.3 Å². The molecule has 0 aliphatic rings. The summed E-state index contributed by atoms with van der Waals surface area (Å²) in [4.78, 5) is 23.1. The van der Waals surface area contributed by atoms with Gasteiger partial charge in [0.25, 0.3) is 0 Å². The third-order valence-electron chi connectivity index (χ3n) is 1.82. The van der Waals surface area contributed by atoms with E-state index in [9.17, 15) is 9.59 Å². The van der Waals surface area contributed by atoms with Crippen molar-refractivity contribution in [2.45, 2.75) is 26.3 Å². The number of carboxylic acids is 1. The zero-order valence-corrected chi connectivity index (χ0v) is 8.20. The van der Waals surface area contributed by atoms with E-state index in [0.29, 0.717) is 6.54 Å². The van der Waals surface area contributed by atoms with E-state index in [1.54, 1.807) is 6.92 Å². The highest BCUT2D eigenvalue weighted by Crippen LogP contribution is 2.03. The molecule has 76 valence electrons. The lowest BCUT2D eigenvalue weighted by Gasteiger charge is -2.26. The molecule has 0 aromatic rings. The minimum atomic E-state index is -0.894. The van der Waals surface area contributed by atoms with Crippen molar-refractivity contribution in [3.05, 3.63) is 0 Å². The third kappa shape index (κ3) is 3.78. The fourth-order valence-electron chi connectivity index (χ4n) is 1.16. The Hall–Kier alpha value is -1.26. The Bertz CT molecular complexity index is 194. The minimum Gasteiger partial charge on any atom is -0.481 e. The van der Waals surface area contributed by atoms with Crippen LogP contribution in [0.4, 0.5) is 4.79 Å². The summed E-state index contributed by atoms with van der Waals surface area (Å²) in [6.07, 6.45) is -0.0265. The van der Waals surface area contributed by atoms with Crippen molar-refractivity contribution in [2.75, 3.05) is 13.6 Å². The number of carbonyl (C=O) groups excluding carboxylic acids is 1. The maximum atomic E-state index is 11.2. The van der Waals surface area contributed by atoms with Crippen LogP contribution in [-0.4, -0.2) is 41.6 Å². The Labute approximate surface area is 77.7 Å². The number of nitrogens with zero attached hydrogens (tertiary/aromatic N) is 1. The number of urea groups is 1. The van der Waals surface area contributed by atoms with Gasteiger partial charge in [0.2, 0.25) is 0 Å². The van der Waals surface area contributed by atoms with Crippen molar-refractivity contribution in [2.24, 2.45) is 0 Å². The van der Waals surface area contributed by atoms with Crippen LogP contribution in [0.15, 0.2) is 0 Å². The molecule has 0 saturated heterocycles. The largest absolute Gasteiger partial charge is 0.481 e. The standard InChI is InChI=1S/C8H16N2O3/c1-4-10(8(13)9-3)6(2)5-7(11)12/h6H,4-5H2,1-3H3,(H,9,13)(H,11,12). The Morgan fingerprint density at radius 2 is 2.08 bits per heavy atom. The molecule has 0 aliphatic carbocycles. The number of hydrogen-bond donors (Lipinski definition) is 2. The molecule has 5 nitrogen and oxygen atoms in total. The normalized spacial score (nSPS) is 11.9. The summed E-state index contributed by atoms with van der Waals surface area (Å²) in [6.45, 7) is 4.04. The predicted molar refractivity (Wildman–Crippen MR) is 48.6 cm³/mol. The highest BCUT2D eigenvalue weighted by Gasteiger charge is 2.19. The van der Waals surface area contributed by atoms with Crippen molar-refractivity contribution in [1.82, 2.24) is 10.2 Å². The van der Waals surface area contributed by atoms with Gasteiger partial charge in [-0.15, -0.1) is 0 Å². The molecule has 0 aromatic heterocycles. The molecule has 0 spiro atoms. The lowest BCUT2D eigenvalue weighted by atomic mass is 10.2. The second-order valence-corrected chi connectivity index (χ2v) is 2.79. The van der Waals surface area contributed by atoms with Gasteiger partial charge in [0.15, 0.2) is 0 Å². The van der Waals surface area contributed by atoms with Crippen LogP contribution >= 0.6 is 0 Å². The molecule has 0 saturated carbocycles. The minimum absolute atomic E-state index is 0.0265. The molecule has 1 unspecified atom stereocenters. The Morgan fingerprint density at radius 1 is 1.54 bits per heavy atom. The molecule has 0 aliphatic heterocycles. The van der Waals surface area contributed by atoms with Crippen molar-refractivity contribution in [3.8, 4) is 0 Å². The van der Waals surface area contributed by atoms with Gasteiger partial charge in [-0.25, -0.2) is 4.79 Å². The first-order valence-corrected chi connectivity index (χ1v) is 4.23. The lowest BCUT2D eigenvalue weighted by Crippen LogP contribution is -2.44. The van der Waals surface area contributed by atoms with Gasteiger partial charge >= 0.3 is 12.0 Å². The Morgan fingerprint density at radius 3 is 2.38 bits per heavy atom. The number of carboxylic acid groups (broad SMARTS) is 1. The fraction of sp³-hybridized carbons (Fsp3) is 0.750. The second kappa shape index (κ2) is 5.40. The maximum Gasteiger partial charge on any atom is 0.317 e. The van der Waals surface area contributed by atoms with Crippen molar-refractivity contribution in [3.63, 3.8) is 0 Å². The lowest BCUT2D eigenvalue weighted by molar-refractivity contribution is -0.138. The molecule has 13 heavy (non-hydrogen) atoms. The number of carbonyl (C=O) groups is 2. The van der Waals surface area contributed by atoms with E-state index < -0.39 is 5.97 Å². The topological polar surface area (TPSA) is 69.6 Å². The average Bonchev–Trinajstić information content (AvgIpc) is 2.03. The van der Waals surface area contributed by atoms with E-state index in [-0.39, 0.29) is 18.5 Å². The Kier molecular flexibility index (Phi) is 4.87. The second-order valence-electron chi connectivity index (χ2n) is 2.79. The first-order chi connectivity index (χ1) is 6.02. The average molecular weight is 188 g/mol. The molecule has 0 fully saturated rings. The first-order valence-electron chi connectivity index (χ1n) is 4.23. The maximum absolute atomic E-state index is 11.2. The summed E-state index contributed by atoms with van der Waals surface area (Å²) in [6, 6.07) is -0.515. The molecule has 0 radical (unpaired) electrons. The number of aliphatic carboxylic acids is 1. The molecule has 0 rings (SSSR count). The number of amides is 2. The van der Waals surface area contributed by atoms with Crippen molar-refractivity contribution < 1.29 is 14.7 Å². The summed E-state index contributed by atoms with van der Waals surface area (Å²) in [5.74, 6) is -0.894. The zero-order chi connectivity index (χ0) is 10.4. The monoisotopic (exact) mass is 188 g/mol. The molecule has 0 heterocycles. The van der Waals surface area contributed by atoms with Gasteiger partial charge in [-0.05, 0) is 13.8 Å². The first kappa shape index (κ1) is 11.7. The summed E-state index contributed by atoms with van der Waals surface area (Å²) in [5, 5.41) is 11.0. The van der Waals surface area contributed by atoms with Crippen LogP contribution in [0.3, 0.4) is 0 Å².